The lowest BCUT2D eigenvalue weighted by atomic mass is 10.2. The predicted molar refractivity (Wildman–Crippen MR) is 98.2 cm³/mol. The normalized spacial score (nSPS) is 22.3. The molecule has 0 bridgehead atoms. The summed E-state index contributed by atoms with van der Waals surface area (Å²) in [5.74, 6) is 2.35. The molecule has 2 aliphatic heterocycles. The summed E-state index contributed by atoms with van der Waals surface area (Å²) >= 11 is 0. The number of likely N-dealkylation sites (N-methyl/N-ethyl adjacent to an activating group) is 1. The molecule has 25 heavy (non-hydrogen) atoms. The number of nitrogens with zero attached hydrogens (tertiary/aromatic N) is 5. The molecule has 2 fully saturated rings. The average molecular weight is 339 g/mol. The van der Waals surface area contributed by atoms with Crippen LogP contribution in [0.4, 0.5) is 5.82 Å². The molecule has 1 aromatic heterocycles. The predicted octanol–water partition coefficient (Wildman–Crippen LogP) is 2.09. The minimum Gasteiger partial charge on any atom is -0.439 e. The van der Waals surface area contributed by atoms with Crippen molar-refractivity contribution in [1.29, 1.82) is 0 Å². The van der Waals surface area contributed by atoms with Crippen LogP contribution in [0.15, 0.2) is 42.7 Å². The molecule has 1 unspecified atom stereocenters. The van der Waals surface area contributed by atoms with Gasteiger partial charge in [0.15, 0.2) is 0 Å². The number of hydrogen-bond acceptors (Lipinski definition) is 6. The Morgan fingerprint density at radius 3 is 2.60 bits per heavy atom. The standard InChI is InChI=1S/C19H25N5O/c1-22-9-11-23(12-10-22)16-7-8-24(14-16)18-13-19(21-15-20-18)25-17-5-3-2-4-6-17/h2-6,13,15-16H,7-12,14H2,1H3. The van der Waals surface area contributed by atoms with E-state index in [9.17, 15) is 0 Å². The first-order chi connectivity index (χ1) is 12.3. The van der Waals surface area contributed by atoms with Crippen molar-refractivity contribution in [3.63, 3.8) is 0 Å². The van der Waals surface area contributed by atoms with Crippen molar-refractivity contribution in [2.24, 2.45) is 0 Å². The topological polar surface area (TPSA) is 44.7 Å². The second kappa shape index (κ2) is 7.37. The summed E-state index contributed by atoms with van der Waals surface area (Å²) in [7, 11) is 2.20. The molecule has 6 nitrogen and oxygen atoms in total. The molecular formula is C19H25N5O. The monoisotopic (exact) mass is 339 g/mol. The first-order valence-electron chi connectivity index (χ1n) is 9.00. The third-order valence-electron chi connectivity index (χ3n) is 5.13. The van der Waals surface area contributed by atoms with Crippen molar-refractivity contribution in [2.75, 3.05) is 51.2 Å². The summed E-state index contributed by atoms with van der Waals surface area (Å²) in [4.78, 5) is 16.1. The van der Waals surface area contributed by atoms with Crippen molar-refractivity contribution in [2.45, 2.75) is 12.5 Å². The molecule has 0 aliphatic carbocycles. The maximum atomic E-state index is 5.84. The largest absolute Gasteiger partial charge is 0.439 e. The van der Waals surface area contributed by atoms with Gasteiger partial charge >= 0.3 is 0 Å². The number of anilines is 1. The Morgan fingerprint density at radius 1 is 1.00 bits per heavy atom. The third-order valence-corrected chi connectivity index (χ3v) is 5.13. The molecule has 6 heteroatoms. The zero-order valence-electron chi connectivity index (χ0n) is 14.7. The Balaban J connectivity index is 1.40. The van der Waals surface area contributed by atoms with E-state index in [4.69, 9.17) is 4.74 Å². The quantitative estimate of drug-likeness (QED) is 0.850. The Hall–Kier alpha value is -2.18. The van der Waals surface area contributed by atoms with Gasteiger partial charge in [-0.15, -0.1) is 0 Å². The van der Waals surface area contributed by atoms with Gasteiger partial charge in [-0.2, -0.15) is 0 Å². The van der Waals surface area contributed by atoms with Crippen molar-refractivity contribution in [3.8, 4) is 11.6 Å². The van der Waals surface area contributed by atoms with Crippen LogP contribution in [0.5, 0.6) is 11.6 Å². The Labute approximate surface area is 149 Å². The van der Waals surface area contributed by atoms with E-state index in [1.54, 1.807) is 6.33 Å². The molecule has 1 atom stereocenters. The van der Waals surface area contributed by atoms with Crippen LogP contribution in [-0.2, 0) is 0 Å². The number of para-hydroxylation sites is 1. The number of rotatable bonds is 4. The number of aromatic nitrogens is 2. The Kier molecular flexibility index (Phi) is 4.81. The maximum Gasteiger partial charge on any atom is 0.224 e. The minimum absolute atomic E-state index is 0.597. The zero-order chi connectivity index (χ0) is 17.1. The van der Waals surface area contributed by atoms with Gasteiger partial charge in [0.05, 0.1) is 0 Å². The number of ether oxygens (including phenoxy) is 1. The van der Waals surface area contributed by atoms with Gasteiger partial charge in [-0.3, -0.25) is 4.90 Å². The fourth-order valence-electron chi connectivity index (χ4n) is 3.60. The highest BCUT2D eigenvalue weighted by molar-refractivity contribution is 5.43. The van der Waals surface area contributed by atoms with Gasteiger partial charge in [-0.25, -0.2) is 9.97 Å². The fourth-order valence-corrected chi connectivity index (χ4v) is 3.60. The van der Waals surface area contributed by atoms with Crippen LogP contribution in [-0.4, -0.2) is 72.1 Å². The van der Waals surface area contributed by atoms with Gasteiger partial charge < -0.3 is 14.5 Å². The SMILES string of the molecule is CN1CCN(C2CCN(c3cc(Oc4ccccc4)ncn3)C2)CC1. The molecule has 0 saturated carbocycles. The molecule has 1 aromatic carbocycles. The van der Waals surface area contributed by atoms with Crippen LogP contribution >= 0.6 is 0 Å². The molecule has 4 rings (SSSR count). The molecule has 0 spiro atoms. The molecule has 2 aliphatic rings. The highest BCUT2D eigenvalue weighted by Gasteiger charge is 2.30. The van der Waals surface area contributed by atoms with Gasteiger partial charge in [0.2, 0.25) is 5.88 Å². The van der Waals surface area contributed by atoms with Crippen LogP contribution in [0.2, 0.25) is 0 Å². The number of benzene rings is 1. The minimum atomic E-state index is 0.597. The van der Waals surface area contributed by atoms with Crippen LogP contribution in [0.3, 0.4) is 0 Å². The van der Waals surface area contributed by atoms with Crippen LogP contribution in [0.1, 0.15) is 6.42 Å². The van der Waals surface area contributed by atoms with E-state index in [0.29, 0.717) is 11.9 Å². The molecular weight excluding hydrogens is 314 g/mol. The van der Waals surface area contributed by atoms with Crippen LogP contribution < -0.4 is 9.64 Å². The molecule has 0 radical (unpaired) electrons. The van der Waals surface area contributed by atoms with E-state index in [2.05, 4.69) is 31.7 Å². The fraction of sp³-hybridized carbons (Fsp3) is 0.474. The second-order valence-corrected chi connectivity index (χ2v) is 6.86. The van der Waals surface area contributed by atoms with E-state index < -0.39 is 0 Å². The third kappa shape index (κ3) is 3.91. The van der Waals surface area contributed by atoms with Crippen molar-refractivity contribution < 1.29 is 4.74 Å². The molecule has 132 valence electrons. The molecule has 2 aromatic rings. The van der Waals surface area contributed by atoms with E-state index >= 15 is 0 Å². The number of piperazine rings is 1. The van der Waals surface area contributed by atoms with E-state index in [1.165, 1.54) is 32.6 Å². The lowest BCUT2D eigenvalue weighted by molar-refractivity contribution is 0.120. The van der Waals surface area contributed by atoms with Crippen molar-refractivity contribution in [3.05, 3.63) is 42.7 Å². The number of hydrogen-bond donors (Lipinski definition) is 0. The first kappa shape index (κ1) is 16.3. The summed E-state index contributed by atoms with van der Waals surface area (Å²) in [5, 5.41) is 0. The van der Waals surface area contributed by atoms with Crippen molar-refractivity contribution >= 4 is 5.82 Å². The van der Waals surface area contributed by atoms with Gasteiger partial charge in [0, 0.05) is 51.4 Å². The van der Waals surface area contributed by atoms with Gasteiger partial charge in [0.1, 0.15) is 17.9 Å². The molecule has 0 amide bonds. The lowest BCUT2D eigenvalue weighted by Crippen LogP contribution is -2.49. The first-order valence-corrected chi connectivity index (χ1v) is 9.00. The summed E-state index contributed by atoms with van der Waals surface area (Å²) in [6.45, 7) is 6.74. The zero-order valence-corrected chi connectivity index (χ0v) is 14.7. The van der Waals surface area contributed by atoms with Gasteiger partial charge in [-0.1, -0.05) is 18.2 Å². The Bertz CT molecular complexity index is 687. The van der Waals surface area contributed by atoms with E-state index in [-0.39, 0.29) is 0 Å². The highest BCUT2D eigenvalue weighted by Crippen LogP contribution is 2.26. The highest BCUT2D eigenvalue weighted by atomic mass is 16.5. The van der Waals surface area contributed by atoms with Crippen LogP contribution in [0.25, 0.3) is 0 Å². The summed E-state index contributed by atoms with van der Waals surface area (Å²) < 4.78 is 5.84. The second-order valence-electron chi connectivity index (χ2n) is 6.86. The van der Waals surface area contributed by atoms with Crippen molar-refractivity contribution in [1.82, 2.24) is 19.8 Å². The molecule has 2 saturated heterocycles. The van der Waals surface area contributed by atoms with E-state index in [0.717, 1.165) is 24.7 Å². The van der Waals surface area contributed by atoms with Gasteiger partial charge in [0.25, 0.3) is 0 Å². The average Bonchev–Trinajstić information content (AvgIpc) is 3.14. The summed E-state index contributed by atoms with van der Waals surface area (Å²) in [6, 6.07) is 12.3. The summed E-state index contributed by atoms with van der Waals surface area (Å²) in [6.07, 6.45) is 2.79. The van der Waals surface area contributed by atoms with Gasteiger partial charge in [-0.05, 0) is 25.6 Å². The molecule has 0 N–H and O–H groups in total. The van der Waals surface area contributed by atoms with Crippen LogP contribution in [0, 0.1) is 0 Å². The Morgan fingerprint density at radius 2 is 1.80 bits per heavy atom. The lowest BCUT2D eigenvalue weighted by Gasteiger charge is -2.36. The smallest absolute Gasteiger partial charge is 0.224 e. The maximum absolute atomic E-state index is 5.84. The molecule has 3 heterocycles. The van der Waals surface area contributed by atoms with E-state index in [1.807, 2.05) is 36.4 Å². The summed E-state index contributed by atoms with van der Waals surface area (Å²) in [5.41, 5.74) is 0.